The average molecular weight is 185 g/mol. The monoisotopic (exact) mass is 185 g/mol. The van der Waals surface area contributed by atoms with E-state index in [0.717, 1.165) is 0 Å². The lowest BCUT2D eigenvalue weighted by Gasteiger charge is -2.10. The number of nitrogens with one attached hydrogen (secondary N) is 1. The molecule has 1 aliphatic heterocycles. The second-order valence-electron chi connectivity index (χ2n) is 2.80. The van der Waals surface area contributed by atoms with E-state index in [1.54, 1.807) is 0 Å². The Kier molecular flexibility index (Phi) is 2.07. The molecule has 13 heavy (non-hydrogen) atoms. The van der Waals surface area contributed by atoms with Gasteiger partial charge in [-0.2, -0.15) is 8.78 Å². The Labute approximate surface area is 74.6 Å². The van der Waals surface area contributed by atoms with Gasteiger partial charge < -0.3 is 5.32 Å². The van der Waals surface area contributed by atoms with Crippen LogP contribution in [0.5, 0.6) is 0 Å². The maximum Gasteiger partial charge on any atom is 0.352 e. The largest absolute Gasteiger partial charge is 0.352 e. The highest BCUT2D eigenvalue weighted by atomic mass is 19.3. The molecule has 0 saturated heterocycles. The van der Waals surface area contributed by atoms with E-state index in [2.05, 4.69) is 13.2 Å². The molecule has 1 heterocycles. The minimum absolute atomic E-state index is 0.0440. The summed E-state index contributed by atoms with van der Waals surface area (Å²) in [6, 6.07) is 0. The molecule has 0 spiro atoms. The van der Waals surface area contributed by atoms with Crippen molar-refractivity contribution in [1.82, 2.24) is 5.32 Å². The fourth-order valence-electron chi connectivity index (χ4n) is 1.20. The summed E-state index contributed by atoms with van der Waals surface area (Å²) in [5, 5.41) is 2.04. The van der Waals surface area contributed by atoms with Gasteiger partial charge in [0.05, 0.1) is 11.3 Å². The van der Waals surface area contributed by atoms with E-state index < -0.39 is 11.8 Å². The molecule has 0 aliphatic carbocycles. The van der Waals surface area contributed by atoms with Crippen molar-refractivity contribution in [2.75, 3.05) is 0 Å². The van der Waals surface area contributed by atoms with Crippen LogP contribution < -0.4 is 5.32 Å². The molecule has 0 fully saturated rings. The molecule has 0 aromatic rings. The van der Waals surface area contributed by atoms with Crippen LogP contribution in [0.15, 0.2) is 36.1 Å². The molecule has 70 valence electrons. The van der Waals surface area contributed by atoms with Crippen LogP contribution in [0.2, 0.25) is 0 Å². The lowest BCUT2D eigenvalue weighted by atomic mass is 10.0. The van der Waals surface area contributed by atoms with Crippen LogP contribution in [0.4, 0.5) is 8.78 Å². The number of amides is 1. The molecule has 1 N–H and O–H groups in total. The van der Waals surface area contributed by atoms with Crippen molar-refractivity contribution in [3.05, 3.63) is 36.1 Å². The van der Waals surface area contributed by atoms with E-state index in [9.17, 15) is 13.6 Å². The number of halogens is 2. The minimum atomic E-state index is -3.48. The molecule has 1 rings (SSSR count). The van der Waals surface area contributed by atoms with Crippen molar-refractivity contribution in [3.63, 3.8) is 0 Å². The average Bonchev–Trinajstić information content (AvgIpc) is 2.22. The molecule has 0 atom stereocenters. The van der Waals surface area contributed by atoms with Crippen molar-refractivity contribution in [1.29, 1.82) is 0 Å². The van der Waals surface area contributed by atoms with Gasteiger partial charge in [-0.1, -0.05) is 13.2 Å². The third-order valence-electron chi connectivity index (χ3n) is 1.75. The number of alkyl halides is 2. The van der Waals surface area contributed by atoms with Gasteiger partial charge in [-0.25, -0.2) is 0 Å². The normalized spacial score (nSPS) is 20.1. The van der Waals surface area contributed by atoms with E-state index in [1.807, 2.05) is 5.32 Å². The van der Waals surface area contributed by atoms with Gasteiger partial charge in [0.15, 0.2) is 0 Å². The van der Waals surface area contributed by atoms with Crippen molar-refractivity contribution in [2.24, 2.45) is 0 Å². The Morgan fingerprint density at radius 1 is 1.62 bits per heavy atom. The zero-order valence-corrected chi connectivity index (χ0v) is 7.16. The van der Waals surface area contributed by atoms with Gasteiger partial charge in [0, 0.05) is 0 Å². The first-order chi connectivity index (χ1) is 5.91. The van der Waals surface area contributed by atoms with Gasteiger partial charge in [-0.3, -0.25) is 4.79 Å². The summed E-state index contributed by atoms with van der Waals surface area (Å²) in [4.78, 5) is 10.8. The lowest BCUT2D eigenvalue weighted by molar-refractivity contribution is -0.137. The highest BCUT2D eigenvalue weighted by molar-refractivity contribution is 5.94. The predicted molar refractivity (Wildman–Crippen MR) is 45.1 cm³/mol. The summed E-state index contributed by atoms with van der Waals surface area (Å²) in [5.74, 6) is -4.80. The van der Waals surface area contributed by atoms with E-state index >= 15 is 0 Å². The first-order valence-corrected chi connectivity index (χ1v) is 3.63. The topological polar surface area (TPSA) is 29.1 Å². The number of carbonyl (C=O) groups excluding carboxylic acids is 1. The number of carbonyl (C=O) groups is 1. The zero-order valence-electron chi connectivity index (χ0n) is 7.16. The van der Waals surface area contributed by atoms with Gasteiger partial charge in [0.1, 0.15) is 0 Å². The molecule has 0 radical (unpaired) electrons. The summed E-state index contributed by atoms with van der Waals surface area (Å²) in [6.07, 6.45) is 1.18. The summed E-state index contributed by atoms with van der Waals surface area (Å²) in [6.45, 7) is 8.14. The van der Waals surface area contributed by atoms with Crippen LogP contribution in [0.25, 0.3) is 0 Å². The molecule has 0 saturated carbocycles. The van der Waals surface area contributed by atoms with Gasteiger partial charge in [-0.15, -0.1) is 0 Å². The standard InChI is InChI=1S/C9H9F2NO/c1-4-6-7(5(2)3)9(10,11)8(13)12-6/h4H,1-2H2,3H3,(H,12,13). The van der Waals surface area contributed by atoms with Crippen molar-refractivity contribution < 1.29 is 13.6 Å². The third kappa shape index (κ3) is 1.28. The van der Waals surface area contributed by atoms with Gasteiger partial charge in [0.2, 0.25) is 0 Å². The summed E-state index contributed by atoms with van der Waals surface area (Å²) < 4.78 is 26.2. The molecule has 4 heteroatoms. The molecule has 0 aromatic carbocycles. The Morgan fingerprint density at radius 3 is 2.46 bits per heavy atom. The van der Waals surface area contributed by atoms with Crippen molar-refractivity contribution in [2.45, 2.75) is 12.8 Å². The number of allylic oxidation sites excluding steroid dienone is 2. The van der Waals surface area contributed by atoms with Crippen LogP contribution >= 0.6 is 0 Å². The lowest BCUT2D eigenvalue weighted by Crippen LogP contribution is -2.32. The van der Waals surface area contributed by atoms with E-state index in [-0.39, 0.29) is 16.8 Å². The Balaban J connectivity index is 3.29. The molecule has 2 nitrogen and oxygen atoms in total. The van der Waals surface area contributed by atoms with Crippen molar-refractivity contribution >= 4 is 5.91 Å². The quantitative estimate of drug-likeness (QED) is 0.697. The van der Waals surface area contributed by atoms with Crippen LogP contribution in [-0.2, 0) is 4.79 Å². The summed E-state index contributed by atoms with van der Waals surface area (Å²) >= 11 is 0. The number of hydrogen-bond donors (Lipinski definition) is 1. The molecule has 0 bridgehead atoms. The summed E-state index contributed by atoms with van der Waals surface area (Å²) in [7, 11) is 0. The molecule has 0 unspecified atom stereocenters. The number of hydrogen-bond acceptors (Lipinski definition) is 1. The predicted octanol–water partition coefficient (Wildman–Crippen LogP) is 1.77. The van der Waals surface area contributed by atoms with E-state index in [4.69, 9.17) is 0 Å². The van der Waals surface area contributed by atoms with Gasteiger partial charge in [-0.05, 0) is 18.6 Å². The first-order valence-electron chi connectivity index (χ1n) is 3.63. The fraction of sp³-hybridized carbons (Fsp3) is 0.222. The van der Waals surface area contributed by atoms with Crippen LogP contribution in [-0.4, -0.2) is 11.8 Å². The van der Waals surface area contributed by atoms with Crippen LogP contribution in [0.1, 0.15) is 6.92 Å². The van der Waals surface area contributed by atoms with Gasteiger partial charge in [0.25, 0.3) is 5.91 Å². The first kappa shape index (κ1) is 9.64. The second kappa shape index (κ2) is 2.80. The van der Waals surface area contributed by atoms with E-state index in [1.165, 1.54) is 13.0 Å². The minimum Gasteiger partial charge on any atom is -0.320 e. The maximum atomic E-state index is 13.1. The summed E-state index contributed by atoms with van der Waals surface area (Å²) in [5.41, 5.74) is -0.159. The van der Waals surface area contributed by atoms with E-state index in [0.29, 0.717) is 0 Å². The Morgan fingerprint density at radius 2 is 2.15 bits per heavy atom. The Hall–Kier alpha value is -1.45. The molecule has 0 aromatic heterocycles. The van der Waals surface area contributed by atoms with Crippen LogP contribution in [0.3, 0.4) is 0 Å². The highest BCUT2D eigenvalue weighted by Crippen LogP contribution is 2.36. The number of rotatable bonds is 2. The fourth-order valence-corrected chi connectivity index (χ4v) is 1.20. The highest BCUT2D eigenvalue weighted by Gasteiger charge is 2.49. The molecular formula is C9H9F2NO. The molecule has 1 aliphatic rings. The Bertz CT molecular complexity index is 329. The smallest absolute Gasteiger partial charge is 0.320 e. The third-order valence-corrected chi connectivity index (χ3v) is 1.75. The van der Waals surface area contributed by atoms with Crippen LogP contribution in [0, 0.1) is 0 Å². The zero-order chi connectivity index (χ0) is 10.2. The second-order valence-corrected chi connectivity index (χ2v) is 2.80. The maximum absolute atomic E-state index is 13.1. The molecular weight excluding hydrogens is 176 g/mol. The van der Waals surface area contributed by atoms with Gasteiger partial charge >= 0.3 is 5.92 Å². The van der Waals surface area contributed by atoms with Crippen molar-refractivity contribution in [3.8, 4) is 0 Å². The SMILES string of the molecule is C=CC1=C(C(=C)C)C(F)(F)C(=O)N1. The molecule has 1 amide bonds.